The van der Waals surface area contributed by atoms with Crippen LogP contribution >= 0.6 is 0 Å². The van der Waals surface area contributed by atoms with E-state index >= 15 is 0 Å². The van der Waals surface area contributed by atoms with Crippen LogP contribution in [0, 0.1) is 6.92 Å². The van der Waals surface area contributed by atoms with Crippen molar-refractivity contribution in [2.45, 2.75) is 25.7 Å². The smallest absolute Gasteiger partial charge is 0.354 e. The Morgan fingerprint density at radius 2 is 2.23 bits per heavy atom. The largest absolute Gasteiger partial charge is 0.477 e. The van der Waals surface area contributed by atoms with Crippen LogP contribution in [0.15, 0.2) is 12.1 Å². The molecule has 1 aliphatic rings. The Morgan fingerprint density at radius 3 is 2.77 bits per heavy atom. The zero-order chi connectivity index (χ0) is 9.42. The summed E-state index contributed by atoms with van der Waals surface area (Å²) in [4.78, 5) is 14.8. The molecule has 1 heterocycles. The van der Waals surface area contributed by atoms with Gasteiger partial charge >= 0.3 is 5.97 Å². The van der Waals surface area contributed by atoms with E-state index in [0.29, 0.717) is 5.92 Å². The number of carboxylic acids is 1. The second-order valence-electron chi connectivity index (χ2n) is 3.53. The van der Waals surface area contributed by atoms with E-state index in [4.69, 9.17) is 5.11 Å². The Morgan fingerprint density at radius 1 is 1.54 bits per heavy atom. The number of aromatic carboxylic acids is 1. The van der Waals surface area contributed by atoms with Gasteiger partial charge in [0.15, 0.2) is 0 Å². The Labute approximate surface area is 76.4 Å². The van der Waals surface area contributed by atoms with E-state index in [9.17, 15) is 4.79 Å². The molecule has 1 saturated carbocycles. The molecule has 0 atom stereocenters. The van der Waals surface area contributed by atoms with Crippen molar-refractivity contribution < 1.29 is 9.90 Å². The molecule has 0 radical (unpaired) electrons. The fraction of sp³-hybridized carbons (Fsp3) is 0.400. The van der Waals surface area contributed by atoms with Crippen LogP contribution in [0.2, 0.25) is 0 Å². The van der Waals surface area contributed by atoms with E-state index < -0.39 is 5.97 Å². The average molecular weight is 177 g/mol. The lowest BCUT2D eigenvalue weighted by atomic mass is 10.1. The van der Waals surface area contributed by atoms with Crippen LogP contribution in [0.4, 0.5) is 0 Å². The number of rotatable bonds is 2. The Kier molecular flexibility index (Phi) is 1.79. The summed E-state index contributed by atoms with van der Waals surface area (Å²) in [5.74, 6) is -0.427. The first-order chi connectivity index (χ1) is 6.16. The molecule has 1 fully saturated rings. The van der Waals surface area contributed by atoms with Gasteiger partial charge in [-0.05, 0) is 37.5 Å². The van der Waals surface area contributed by atoms with Gasteiger partial charge in [0.25, 0.3) is 0 Å². The lowest BCUT2D eigenvalue weighted by Crippen LogP contribution is -2.03. The first-order valence-electron chi connectivity index (χ1n) is 4.38. The molecule has 3 heteroatoms. The lowest BCUT2D eigenvalue weighted by molar-refractivity contribution is 0.0690. The molecule has 2 rings (SSSR count). The maximum absolute atomic E-state index is 10.7. The van der Waals surface area contributed by atoms with Crippen molar-refractivity contribution in [2.24, 2.45) is 0 Å². The molecular formula is C10H11NO2. The Balaban J connectivity index is 2.41. The summed E-state index contributed by atoms with van der Waals surface area (Å²) < 4.78 is 0. The molecule has 0 aromatic carbocycles. The molecule has 0 unspecified atom stereocenters. The fourth-order valence-electron chi connectivity index (χ4n) is 1.39. The molecule has 1 aromatic heterocycles. The number of carboxylic acid groups (broad SMARTS) is 1. The maximum Gasteiger partial charge on any atom is 0.354 e. The fourth-order valence-corrected chi connectivity index (χ4v) is 1.39. The molecule has 1 aromatic rings. The van der Waals surface area contributed by atoms with Gasteiger partial charge in [-0.25, -0.2) is 9.78 Å². The van der Waals surface area contributed by atoms with E-state index in [1.807, 2.05) is 13.0 Å². The van der Waals surface area contributed by atoms with Gasteiger partial charge < -0.3 is 5.11 Å². The zero-order valence-corrected chi connectivity index (χ0v) is 7.45. The van der Waals surface area contributed by atoms with Crippen LogP contribution in [0.3, 0.4) is 0 Å². The minimum Gasteiger partial charge on any atom is -0.477 e. The van der Waals surface area contributed by atoms with E-state index in [2.05, 4.69) is 4.98 Å². The maximum atomic E-state index is 10.7. The number of aromatic nitrogens is 1. The zero-order valence-electron chi connectivity index (χ0n) is 7.45. The number of aryl methyl sites for hydroxylation is 1. The van der Waals surface area contributed by atoms with E-state index in [0.717, 1.165) is 24.1 Å². The summed E-state index contributed by atoms with van der Waals surface area (Å²) in [7, 11) is 0. The summed E-state index contributed by atoms with van der Waals surface area (Å²) in [5.41, 5.74) is 2.09. The van der Waals surface area contributed by atoms with Crippen LogP contribution in [-0.2, 0) is 0 Å². The van der Waals surface area contributed by atoms with Crippen LogP contribution in [0.5, 0.6) is 0 Å². The Hall–Kier alpha value is -1.38. The van der Waals surface area contributed by atoms with Crippen molar-refractivity contribution >= 4 is 5.97 Å². The molecule has 1 N–H and O–H groups in total. The quantitative estimate of drug-likeness (QED) is 0.751. The minimum absolute atomic E-state index is 0.168. The first kappa shape index (κ1) is 8.23. The van der Waals surface area contributed by atoms with Gasteiger partial charge in [0, 0.05) is 11.6 Å². The molecule has 13 heavy (non-hydrogen) atoms. The monoisotopic (exact) mass is 177 g/mol. The molecule has 0 amide bonds. The molecule has 1 aliphatic carbocycles. The lowest BCUT2D eigenvalue weighted by Gasteiger charge is -2.01. The van der Waals surface area contributed by atoms with Gasteiger partial charge in [-0.2, -0.15) is 0 Å². The molecule has 0 spiro atoms. The number of nitrogens with zero attached hydrogens (tertiary/aromatic N) is 1. The number of carbonyl (C=O) groups is 1. The number of hydrogen-bond donors (Lipinski definition) is 1. The molecule has 0 bridgehead atoms. The average Bonchev–Trinajstić information content (AvgIpc) is 2.85. The third kappa shape index (κ3) is 1.69. The van der Waals surface area contributed by atoms with Crippen molar-refractivity contribution in [2.75, 3.05) is 0 Å². The summed E-state index contributed by atoms with van der Waals surface area (Å²) >= 11 is 0. The second kappa shape index (κ2) is 2.83. The van der Waals surface area contributed by atoms with E-state index in [1.165, 1.54) is 0 Å². The second-order valence-corrected chi connectivity index (χ2v) is 3.53. The van der Waals surface area contributed by atoms with Crippen molar-refractivity contribution in [3.05, 3.63) is 29.1 Å². The van der Waals surface area contributed by atoms with Gasteiger partial charge in [-0.3, -0.25) is 0 Å². The van der Waals surface area contributed by atoms with Gasteiger partial charge in [-0.15, -0.1) is 0 Å². The molecular weight excluding hydrogens is 166 g/mol. The third-order valence-electron chi connectivity index (χ3n) is 2.20. The molecule has 68 valence electrons. The van der Waals surface area contributed by atoms with E-state index in [-0.39, 0.29) is 5.69 Å². The van der Waals surface area contributed by atoms with Gasteiger partial charge in [0.05, 0.1) is 0 Å². The minimum atomic E-state index is -0.939. The topological polar surface area (TPSA) is 50.2 Å². The first-order valence-corrected chi connectivity index (χ1v) is 4.38. The van der Waals surface area contributed by atoms with Crippen molar-refractivity contribution in [3.63, 3.8) is 0 Å². The standard InChI is InChI=1S/C10H11NO2/c1-6-4-8(7-2-3-7)11-9(5-6)10(12)13/h4-5,7H,2-3H2,1H3,(H,12,13). The predicted molar refractivity (Wildman–Crippen MR) is 47.9 cm³/mol. The van der Waals surface area contributed by atoms with Crippen LogP contribution in [0.25, 0.3) is 0 Å². The summed E-state index contributed by atoms with van der Waals surface area (Å²) in [6.07, 6.45) is 2.30. The highest BCUT2D eigenvalue weighted by Crippen LogP contribution is 2.39. The van der Waals surface area contributed by atoms with Gasteiger partial charge in [0.1, 0.15) is 5.69 Å². The third-order valence-corrected chi connectivity index (χ3v) is 2.20. The number of hydrogen-bond acceptors (Lipinski definition) is 2. The van der Waals surface area contributed by atoms with Gasteiger partial charge in [-0.1, -0.05) is 0 Å². The number of pyridine rings is 1. The van der Waals surface area contributed by atoms with Crippen molar-refractivity contribution in [1.29, 1.82) is 0 Å². The molecule has 0 saturated heterocycles. The summed E-state index contributed by atoms with van der Waals surface area (Å²) in [6.45, 7) is 1.90. The normalized spacial score (nSPS) is 15.8. The van der Waals surface area contributed by atoms with Crippen LogP contribution in [0.1, 0.15) is 40.5 Å². The van der Waals surface area contributed by atoms with Crippen molar-refractivity contribution in [1.82, 2.24) is 4.98 Å². The summed E-state index contributed by atoms with van der Waals surface area (Å²) in [6, 6.07) is 3.58. The highest BCUT2D eigenvalue weighted by molar-refractivity contribution is 5.85. The van der Waals surface area contributed by atoms with Gasteiger partial charge in [0.2, 0.25) is 0 Å². The van der Waals surface area contributed by atoms with Crippen LogP contribution in [-0.4, -0.2) is 16.1 Å². The molecule has 0 aliphatic heterocycles. The van der Waals surface area contributed by atoms with Crippen LogP contribution < -0.4 is 0 Å². The molecule has 3 nitrogen and oxygen atoms in total. The highest BCUT2D eigenvalue weighted by atomic mass is 16.4. The highest BCUT2D eigenvalue weighted by Gasteiger charge is 2.25. The summed E-state index contributed by atoms with van der Waals surface area (Å²) in [5, 5.41) is 8.77. The Bertz CT molecular complexity index is 356. The van der Waals surface area contributed by atoms with E-state index in [1.54, 1.807) is 6.07 Å². The SMILES string of the molecule is Cc1cc(C(=O)O)nc(C2CC2)c1. The predicted octanol–water partition coefficient (Wildman–Crippen LogP) is 1.97. The van der Waals surface area contributed by atoms with Crippen molar-refractivity contribution in [3.8, 4) is 0 Å².